The third-order valence-corrected chi connectivity index (χ3v) is 5.57. The first-order chi connectivity index (χ1) is 13.3. The lowest BCUT2D eigenvalue weighted by atomic mass is 10.0. The van der Waals surface area contributed by atoms with Gasteiger partial charge in [-0.15, -0.1) is 0 Å². The van der Waals surface area contributed by atoms with Crippen LogP contribution in [0.5, 0.6) is 11.5 Å². The molecule has 0 aliphatic heterocycles. The van der Waals surface area contributed by atoms with Gasteiger partial charge in [-0.25, -0.2) is 0 Å². The molecule has 0 amide bonds. The van der Waals surface area contributed by atoms with Crippen LogP contribution in [0.1, 0.15) is 70.3 Å². The standard InChI is InChI=1S/C24H35BrO2/c1-3-4-5-6-7-10-17-26-22-13-14-23-20(2)24(15-12-21(23)19-22)27-18-11-8-9-16-25/h12-15,19H,3-11,16-18H2,1-2H3. The quantitative estimate of drug-likeness (QED) is 0.222. The van der Waals surface area contributed by atoms with Crippen LogP contribution in [-0.4, -0.2) is 18.5 Å². The molecule has 0 aliphatic rings. The number of hydrogen-bond donors (Lipinski definition) is 0. The van der Waals surface area contributed by atoms with E-state index in [1.165, 1.54) is 61.3 Å². The molecule has 0 aliphatic carbocycles. The van der Waals surface area contributed by atoms with Gasteiger partial charge in [-0.3, -0.25) is 0 Å². The van der Waals surface area contributed by atoms with Gasteiger partial charge in [-0.2, -0.15) is 0 Å². The molecule has 0 unspecified atom stereocenters. The summed E-state index contributed by atoms with van der Waals surface area (Å²) < 4.78 is 12.0. The summed E-state index contributed by atoms with van der Waals surface area (Å²) in [5.74, 6) is 1.97. The highest BCUT2D eigenvalue weighted by Crippen LogP contribution is 2.30. The fourth-order valence-corrected chi connectivity index (χ4v) is 3.71. The predicted octanol–water partition coefficient (Wildman–Crippen LogP) is 7.83. The van der Waals surface area contributed by atoms with Gasteiger partial charge in [0, 0.05) is 5.33 Å². The van der Waals surface area contributed by atoms with E-state index in [-0.39, 0.29) is 0 Å². The summed E-state index contributed by atoms with van der Waals surface area (Å²) in [6.07, 6.45) is 11.3. The van der Waals surface area contributed by atoms with Crippen LogP contribution >= 0.6 is 15.9 Å². The van der Waals surface area contributed by atoms with Gasteiger partial charge in [0.25, 0.3) is 0 Å². The minimum Gasteiger partial charge on any atom is -0.494 e. The van der Waals surface area contributed by atoms with Crippen LogP contribution in [0.15, 0.2) is 30.3 Å². The molecule has 0 spiro atoms. The Morgan fingerprint density at radius 2 is 1.48 bits per heavy atom. The van der Waals surface area contributed by atoms with Gasteiger partial charge in [0.1, 0.15) is 11.5 Å². The highest BCUT2D eigenvalue weighted by Gasteiger charge is 2.06. The Kier molecular flexibility index (Phi) is 10.7. The zero-order valence-corrected chi connectivity index (χ0v) is 18.7. The van der Waals surface area contributed by atoms with Gasteiger partial charge in [0.2, 0.25) is 0 Å². The molecule has 0 aromatic heterocycles. The van der Waals surface area contributed by atoms with E-state index >= 15 is 0 Å². The highest BCUT2D eigenvalue weighted by molar-refractivity contribution is 9.09. The van der Waals surface area contributed by atoms with E-state index in [0.717, 1.165) is 42.9 Å². The van der Waals surface area contributed by atoms with E-state index in [1.807, 2.05) is 0 Å². The van der Waals surface area contributed by atoms with Crippen molar-refractivity contribution in [1.82, 2.24) is 0 Å². The molecule has 2 aromatic rings. The van der Waals surface area contributed by atoms with E-state index in [4.69, 9.17) is 9.47 Å². The Hall–Kier alpha value is -1.22. The monoisotopic (exact) mass is 434 g/mol. The molecule has 0 saturated heterocycles. The van der Waals surface area contributed by atoms with Crippen molar-refractivity contribution < 1.29 is 9.47 Å². The molecule has 0 radical (unpaired) electrons. The summed E-state index contributed by atoms with van der Waals surface area (Å²) in [7, 11) is 0. The van der Waals surface area contributed by atoms with Crippen molar-refractivity contribution in [2.24, 2.45) is 0 Å². The summed E-state index contributed by atoms with van der Waals surface area (Å²) >= 11 is 3.47. The van der Waals surface area contributed by atoms with E-state index < -0.39 is 0 Å². The number of halogens is 1. The number of aryl methyl sites for hydroxylation is 1. The fourth-order valence-electron chi connectivity index (χ4n) is 3.32. The zero-order chi connectivity index (χ0) is 19.3. The number of benzene rings is 2. The maximum atomic E-state index is 5.99. The molecule has 0 N–H and O–H groups in total. The Bertz CT molecular complexity index is 669. The predicted molar refractivity (Wildman–Crippen MR) is 121 cm³/mol. The maximum Gasteiger partial charge on any atom is 0.122 e. The molecule has 0 saturated carbocycles. The number of ether oxygens (including phenoxy) is 2. The summed E-state index contributed by atoms with van der Waals surface area (Å²) in [6, 6.07) is 10.7. The van der Waals surface area contributed by atoms with E-state index in [2.05, 4.69) is 60.1 Å². The van der Waals surface area contributed by atoms with Crippen LogP contribution in [0, 0.1) is 6.92 Å². The third kappa shape index (κ3) is 7.73. The first-order valence-corrected chi connectivity index (χ1v) is 11.7. The maximum absolute atomic E-state index is 5.99. The van der Waals surface area contributed by atoms with Gasteiger partial charge in [0.05, 0.1) is 13.2 Å². The third-order valence-electron chi connectivity index (χ3n) is 5.01. The Morgan fingerprint density at radius 3 is 2.26 bits per heavy atom. The largest absolute Gasteiger partial charge is 0.494 e. The molecule has 0 fully saturated rings. The molecular formula is C24H35BrO2. The van der Waals surface area contributed by atoms with Crippen LogP contribution in [-0.2, 0) is 0 Å². The van der Waals surface area contributed by atoms with Crippen molar-refractivity contribution in [1.29, 1.82) is 0 Å². The molecule has 3 heteroatoms. The molecule has 27 heavy (non-hydrogen) atoms. The number of hydrogen-bond acceptors (Lipinski definition) is 2. The number of fused-ring (bicyclic) bond motifs is 1. The van der Waals surface area contributed by atoms with Crippen LogP contribution in [0.3, 0.4) is 0 Å². The van der Waals surface area contributed by atoms with Gasteiger partial charge in [-0.05, 0) is 67.1 Å². The molecule has 0 bridgehead atoms. The average Bonchev–Trinajstić information content (AvgIpc) is 2.68. The van der Waals surface area contributed by atoms with Gasteiger partial charge < -0.3 is 9.47 Å². The summed E-state index contributed by atoms with van der Waals surface area (Å²) in [5.41, 5.74) is 1.22. The number of unbranched alkanes of at least 4 members (excludes halogenated alkanes) is 7. The van der Waals surface area contributed by atoms with Crippen molar-refractivity contribution in [2.45, 2.75) is 71.6 Å². The van der Waals surface area contributed by atoms with Crippen LogP contribution in [0.4, 0.5) is 0 Å². The van der Waals surface area contributed by atoms with Crippen molar-refractivity contribution in [3.8, 4) is 11.5 Å². The van der Waals surface area contributed by atoms with Crippen molar-refractivity contribution in [3.05, 3.63) is 35.9 Å². The molecule has 2 nitrogen and oxygen atoms in total. The lowest BCUT2D eigenvalue weighted by Crippen LogP contribution is -2.00. The van der Waals surface area contributed by atoms with Gasteiger partial charge in [0.15, 0.2) is 0 Å². The highest BCUT2D eigenvalue weighted by atomic mass is 79.9. The van der Waals surface area contributed by atoms with Crippen LogP contribution < -0.4 is 9.47 Å². The molecular weight excluding hydrogens is 400 g/mol. The van der Waals surface area contributed by atoms with Crippen molar-refractivity contribution in [2.75, 3.05) is 18.5 Å². The minimum atomic E-state index is 0.790. The van der Waals surface area contributed by atoms with Crippen molar-refractivity contribution >= 4 is 26.7 Å². The second-order valence-electron chi connectivity index (χ2n) is 7.29. The summed E-state index contributed by atoms with van der Waals surface area (Å²) in [5, 5.41) is 3.55. The van der Waals surface area contributed by atoms with E-state index in [1.54, 1.807) is 0 Å². The Labute approximate surface area is 173 Å². The van der Waals surface area contributed by atoms with Crippen LogP contribution in [0.25, 0.3) is 10.8 Å². The first-order valence-electron chi connectivity index (χ1n) is 10.6. The normalized spacial score (nSPS) is 11.1. The average molecular weight is 435 g/mol. The van der Waals surface area contributed by atoms with Crippen molar-refractivity contribution in [3.63, 3.8) is 0 Å². The molecule has 0 atom stereocenters. The van der Waals surface area contributed by atoms with Gasteiger partial charge >= 0.3 is 0 Å². The second-order valence-corrected chi connectivity index (χ2v) is 8.08. The summed E-state index contributed by atoms with van der Waals surface area (Å²) in [6.45, 7) is 6.00. The molecule has 0 heterocycles. The smallest absolute Gasteiger partial charge is 0.122 e. The lowest BCUT2D eigenvalue weighted by Gasteiger charge is -2.13. The number of alkyl halides is 1. The Morgan fingerprint density at radius 1 is 0.778 bits per heavy atom. The zero-order valence-electron chi connectivity index (χ0n) is 17.1. The molecule has 150 valence electrons. The molecule has 2 aromatic carbocycles. The van der Waals surface area contributed by atoms with Gasteiger partial charge in [-0.1, -0.05) is 67.1 Å². The second kappa shape index (κ2) is 13.0. The fraction of sp³-hybridized carbons (Fsp3) is 0.583. The lowest BCUT2D eigenvalue weighted by molar-refractivity contribution is 0.304. The SMILES string of the molecule is CCCCCCCCOc1ccc2c(C)c(OCCCCCBr)ccc2c1. The minimum absolute atomic E-state index is 0.790. The first kappa shape index (κ1) is 22.1. The van der Waals surface area contributed by atoms with Crippen LogP contribution in [0.2, 0.25) is 0 Å². The Balaban J connectivity index is 1.83. The van der Waals surface area contributed by atoms with E-state index in [0.29, 0.717) is 0 Å². The topological polar surface area (TPSA) is 18.5 Å². The summed E-state index contributed by atoms with van der Waals surface area (Å²) in [4.78, 5) is 0. The molecule has 2 rings (SSSR count). The van der Waals surface area contributed by atoms with E-state index in [9.17, 15) is 0 Å². The number of rotatable bonds is 14.